The highest BCUT2D eigenvalue weighted by Gasteiger charge is 2.16. The Morgan fingerprint density at radius 3 is 2.08 bits per heavy atom. The number of hydrogen-bond donors (Lipinski definition) is 1. The van der Waals surface area contributed by atoms with Gasteiger partial charge in [0.15, 0.2) is 0 Å². The van der Waals surface area contributed by atoms with E-state index in [0.29, 0.717) is 12.3 Å². The van der Waals surface area contributed by atoms with Crippen LogP contribution in [0.1, 0.15) is 40.5 Å². The highest BCUT2D eigenvalue weighted by atomic mass is 16.1. The maximum atomic E-state index is 11.4. The number of rotatable bonds is 5. The van der Waals surface area contributed by atoms with Crippen molar-refractivity contribution in [3.63, 3.8) is 0 Å². The Morgan fingerprint density at radius 1 is 1.25 bits per heavy atom. The van der Waals surface area contributed by atoms with E-state index in [1.54, 1.807) is 0 Å². The van der Waals surface area contributed by atoms with Crippen LogP contribution < -0.4 is 5.73 Å². The molecule has 12 heavy (non-hydrogen) atoms. The monoisotopic (exact) mass is 171 g/mol. The van der Waals surface area contributed by atoms with E-state index in [0.717, 1.165) is 6.42 Å². The van der Waals surface area contributed by atoms with Gasteiger partial charge >= 0.3 is 0 Å². The highest BCUT2D eigenvalue weighted by molar-refractivity contribution is 5.83. The summed E-state index contributed by atoms with van der Waals surface area (Å²) >= 11 is 0. The lowest BCUT2D eigenvalue weighted by atomic mass is 9.95. The van der Waals surface area contributed by atoms with Crippen molar-refractivity contribution in [2.24, 2.45) is 17.6 Å². The van der Waals surface area contributed by atoms with Crippen molar-refractivity contribution in [3.8, 4) is 0 Å². The Morgan fingerprint density at radius 2 is 1.75 bits per heavy atom. The summed E-state index contributed by atoms with van der Waals surface area (Å²) in [5.74, 6) is 1.07. The summed E-state index contributed by atoms with van der Waals surface area (Å²) < 4.78 is 0. The van der Waals surface area contributed by atoms with Crippen LogP contribution in [0, 0.1) is 11.8 Å². The lowest BCUT2D eigenvalue weighted by Crippen LogP contribution is -2.35. The molecule has 0 bridgehead atoms. The molecule has 72 valence electrons. The number of ketones is 1. The van der Waals surface area contributed by atoms with Gasteiger partial charge in [0.1, 0.15) is 5.78 Å². The fraction of sp³-hybridized carbons (Fsp3) is 0.900. The van der Waals surface area contributed by atoms with Crippen LogP contribution in [-0.4, -0.2) is 11.8 Å². The third-order valence-corrected chi connectivity index (χ3v) is 2.06. The van der Waals surface area contributed by atoms with Crippen molar-refractivity contribution >= 4 is 5.78 Å². The summed E-state index contributed by atoms with van der Waals surface area (Å²) in [6.07, 6.45) is 1.59. The fourth-order valence-electron chi connectivity index (χ4n) is 0.969. The van der Waals surface area contributed by atoms with Gasteiger partial charge in [-0.05, 0) is 18.3 Å². The minimum Gasteiger partial charge on any atom is -0.321 e. The molecule has 0 aliphatic rings. The van der Waals surface area contributed by atoms with Crippen LogP contribution >= 0.6 is 0 Å². The molecule has 0 aromatic heterocycles. The third kappa shape index (κ3) is 4.50. The van der Waals surface area contributed by atoms with Gasteiger partial charge in [-0.25, -0.2) is 0 Å². The highest BCUT2D eigenvalue weighted by Crippen LogP contribution is 2.08. The van der Waals surface area contributed by atoms with E-state index in [4.69, 9.17) is 5.73 Å². The standard InChI is InChI=1S/C10H21NO/c1-7(2)5-6-9(12)10(11)8(3)4/h7-8,10H,5-6,11H2,1-4H3. The van der Waals surface area contributed by atoms with Gasteiger partial charge in [0, 0.05) is 6.42 Å². The second kappa shape index (κ2) is 5.31. The molecule has 2 N–H and O–H groups in total. The minimum absolute atomic E-state index is 0.207. The largest absolute Gasteiger partial charge is 0.321 e. The van der Waals surface area contributed by atoms with E-state index in [1.807, 2.05) is 13.8 Å². The second-order valence-electron chi connectivity index (χ2n) is 4.17. The van der Waals surface area contributed by atoms with Crippen LogP contribution in [0.15, 0.2) is 0 Å². The molecule has 0 fully saturated rings. The molecule has 0 saturated carbocycles. The maximum absolute atomic E-state index is 11.4. The van der Waals surface area contributed by atoms with Gasteiger partial charge in [-0.3, -0.25) is 4.79 Å². The number of Topliss-reactive ketones (excluding diaryl/α,β-unsaturated/α-hetero) is 1. The topological polar surface area (TPSA) is 43.1 Å². The van der Waals surface area contributed by atoms with Crippen molar-refractivity contribution < 1.29 is 4.79 Å². The van der Waals surface area contributed by atoms with Crippen LogP contribution in [0.5, 0.6) is 0 Å². The lowest BCUT2D eigenvalue weighted by molar-refractivity contribution is -0.121. The Hall–Kier alpha value is -0.370. The van der Waals surface area contributed by atoms with E-state index >= 15 is 0 Å². The van der Waals surface area contributed by atoms with Crippen LogP contribution in [-0.2, 0) is 4.79 Å². The van der Waals surface area contributed by atoms with E-state index in [9.17, 15) is 4.79 Å². The molecule has 0 spiro atoms. The van der Waals surface area contributed by atoms with Gasteiger partial charge in [0.25, 0.3) is 0 Å². The van der Waals surface area contributed by atoms with Gasteiger partial charge in [0.2, 0.25) is 0 Å². The number of carbonyl (C=O) groups excluding carboxylic acids is 1. The molecule has 0 aromatic rings. The molecule has 2 heteroatoms. The van der Waals surface area contributed by atoms with Crippen molar-refractivity contribution in [1.29, 1.82) is 0 Å². The molecule has 1 unspecified atom stereocenters. The summed E-state index contributed by atoms with van der Waals surface area (Å²) in [4.78, 5) is 11.4. The van der Waals surface area contributed by atoms with E-state index in [1.165, 1.54) is 0 Å². The van der Waals surface area contributed by atoms with Crippen molar-refractivity contribution in [2.75, 3.05) is 0 Å². The van der Waals surface area contributed by atoms with Crippen LogP contribution in [0.3, 0.4) is 0 Å². The molecule has 2 nitrogen and oxygen atoms in total. The first kappa shape index (κ1) is 11.6. The Bertz CT molecular complexity index is 141. The van der Waals surface area contributed by atoms with Gasteiger partial charge in [-0.1, -0.05) is 27.7 Å². The normalized spacial score (nSPS) is 13.9. The predicted molar refractivity (Wildman–Crippen MR) is 51.9 cm³/mol. The third-order valence-electron chi connectivity index (χ3n) is 2.06. The number of hydrogen-bond acceptors (Lipinski definition) is 2. The first-order valence-electron chi connectivity index (χ1n) is 4.73. The lowest BCUT2D eigenvalue weighted by Gasteiger charge is -2.14. The maximum Gasteiger partial charge on any atom is 0.149 e. The SMILES string of the molecule is CC(C)CCC(=O)C(N)C(C)C. The summed E-state index contributed by atoms with van der Waals surface area (Å²) in [6.45, 7) is 8.21. The number of carbonyl (C=O) groups is 1. The zero-order valence-corrected chi connectivity index (χ0v) is 8.63. The smallest absolute Gasteiger partial charge is 0.149 e. The summed E-state index contributed by atoms with van der Waals surface area (Å²) in [5.41, 5.74) is 5.70. The average molecular weight is 171 g/mol. The molecule has 0 heterocycles. The first-order chi connectivity index (χ1) is 5.45. The van der Waals surface area contributed by atoms with E-state index in [2.05, 4.69) is 13.8 Å². The van der Waals surface area contributed by atoms with Gasteiger partial charge < -0.3 is 5.73 Å². The molecule has 0 radical (unpaired) electrons. The van der Waals surface area contributed by atoms with E-state index in [-0.39, 0.29) is 17.7 Å². The van der Waals surface area contributed by atoms with Crippen LogP contribution in [0.25, 0.3) is 0 Å². The number of nitrogens with two attached hydrogens (primary N) is 1. The van der Waals surface area contributed by atoms with Gasteiger partial charge in [-0.2, -0.15) is 0 Å². The Kier molecular flexibility index (Phi) is 5.14. The quantitative estimate of drug-likeness (QED) is 0.687. The van der Waals surface area contributed by atoms with Crippen LogP contribution in [0.2, 0.25) is 0 Å². The zero-order chi connectivity index (χ0) is 9.72. The zero-order valence-electron chi connectivity index (χ0n) is 8.63. The summed E-state index contributed by atoms with van der Waals surface area (Å²) in [7, 11) is 0. The molecule has 0 amide bonds. The fourth-order valence-corrected chi connectivity index (χ4v) is 0.969. The van der Waals surface area contributed by atoms with Crippen LogP contribution in [0.4, 0.5) is 0 Å². The average Bonchev–Trinajstić information content (AvgIpc) is 1.98. The molecule has 0 aliphatic heterocycles. The second-order valence-corrected chi connectivity index (χ2v) is 4.17. The van der Waals surface area contributed by atoms with Crippen molar-refractivity contribution in [1.82, 2.24) is 0 Å². The molecule has 1 atom stereocenters. The van der Waals surface area contributed by atoms with Crippen molar-refractivity contribution in [2.45, 2.75) is 46.6 Å². The molecular weight excluding hydrogens is 150 g/mol. The predicted octanol–water partition coefficient (Wildman–Crippen LogP) is 1.98. The Labute approximate surface area is 75.5 Å². The van der Waals surface area contributed by atoms with E-state index < -0.39 is 0 Å². The first-order valence-corrected chi connectivity index (χ1v) is 4.73. The molecule has 0 aliphatic carbocycles. The molecular formula is C10H21NO. The molecule has 0 rings (SSSR count). The summed E-state index contributed by atoms with van der Waals surface area (Å²) in [5, 5.41) is 0. The minimum atomic E-state index is -0.260. The Balaban J connectivity index is 3.72. The van der Waals surface area contributed by atoms with Crippen molar-refractivity contribution in [3.05, 3.63) is 0 Å². The molecule has 0 aromatic carbocycles. The van der Waals surface area contributed by atoms with Gasteiger partial charge in [0.05, 0.1) is 6.04 Å². The molecule has 0 saturated heterocycles. The summed E-state index contributed by atoms with van der Waals surface area (Å²) in [6, 6.07) is -0.260. The van der Waals surface area contributed by atoms with Gasteiger partial charge in [-0.15, -0.1) is 0 Å².